The summed E-state index contributed by atoms with van der Waals surface area (Å²) in [5.74, 6) is 2.13. The molecule has 5 nitrogen and oxygen atoms in total. The number of aryl methyl sites for hydroxylation is 2. The lowest BCUT2D eigenvalue weighted by Crippen LogP contribution is -2.24. The number of amides is 1. The van der Waals surface area contributed by atoms with Gasteiger partial charge in [-0.1, -0.05) is 26.0 Å². The van der Waals surface area contributed by atoms with Crippen molar-refractivity contribution in [3.05, 3.63) is 53.0 Å². The highest BCUT2D eigenvalue weighted by molar-refractivity contribution is 5.81. The molecular formula is C18H22N2O3. The van der Waals surface area contributed by atoms with E-state index in [1.165, 1.54) is 6.21 Å². The Bertz CT molecular complexity index is 702. The molecule has 122 valence electrons. The van der Waals surface area contributed by atoms with Gasteiger partial charge in [-0.15, -0.1) is 0 Å². The molecule has 0 spiro atoms. The molecule has 0 saturated carbocycles. The molecule has 0 aliphatic carbocycles. The average molecular weight is 314 g/mol. The van der Waals surface area contributed by atoms with Crippen LogP contribution in [0.15, 0.2) is 39.9 Å². The number of benzene rings is 1. The first kappa shape index (κ1) is 16.8. The normalized spacial score (nSPS) is 11.2. The summed E-state index contributed by atoms with van der Waals surface area (Å²) >= 11 is 0. The van der Waals surface area contributed by atoms with Gasteiger partial charge < -0.3 is 9.15 Å². The fourth-order valence-corrected chi connectivity index (χ4v) is 2.11. The molecular weight excluding hydrogens is 292 g/mol. The Labute approximate surface area is 136 Å². The van der Waals surface area contributed by atoms with Crippen molar-refractivity contribution in [3.8, 4) is 5.75 Å². The number of nitrogens with one attached hydrogen (secondary N) is 1. The molecule has 1 heterocycles. The van der Waals surface area contributed by atoms with Crippen LogP contribution < -0.4 is 10.2 Å². The van der Waals surface area contributed by atoms with Gasteiger partial charge in [0.2, 0.25) is 0 Å². The molecule has 0 bridgehead atoms. The van der Waals surface area contributed by atoms with Gasteiger partial charge in [-0.3, -0.25) is 4.79 Å². The Hall–Kier alpha value is -2.56. The van der Waals surface area contributed by atoms with Crippen molar-refractivity contribution in [2.24, 2.45) is 5.10 Å². The lowest BCUT2D eigenvalue weighted by Gasteiger charge is -2.14. The van der Waals surface area contributed by atoms with E-state index in [1.807, 2.05) is 38.1 Å². The van der Waals surface area contributed by atoms with E-state index in [9.17, 15) is 4.79 Å². The van der Waals surface area contributed by atoms with Gasteiger partial charge in [0.25, 0.3) is 5.91 Å². The van der Waals surface area contributed by atoms with Crippen LogP contribution in [-0.4, -0.2) is 18.7 Å². The molecule has 0 aliphatic heterocycles. The molecule has 0 saturated heterocycles. The summed E-state index contributed by atoms with van der Waals surface area (Å²) in [7, 11) is 0. The second-order valence-corrected chi connectivity index (χ2v) is 5.73. The van der Waals surface area contributed by atoms with Gasteiger partial charge in [-0.25, -0.2) is 5.43 Å². The van der Waals surface area contributed by atoms with Gasteiger partial charge in [-0.05, 0) is 49.1 Å². The number of carbonyl (C=O) groups excluding carboxylic acids is 1. The molecule has 0 fully saturated rings. The second-order valence-electron chi connectivity index (χ2n) is 5.73. The van der Waals surface area contributed by atoms with Crippen molar-refractivity contribution >= 4 is 12.1 Å². The Morgan fingerprint density at radius 2 is 2.09 bits per heavy atom. The topological polar surface area (TPSA) is 63.8 Å². The van der Waals surface area contributed by atoms with E-state index in [-0.39, 0.29) is 12.5 Å². The molecule has 1 aromatic heterocycles. The number of furan rings is 1. The molecule has 1 amide bonds. The summed E-state index contributed by atoms with van der Waals surface area (Å²) in [5, 5.41) is 3.84. The van der Waals surface area contributed by atoms with Crippen molar-refractivity contribution < 1.29 is 13.9 Å². The number of carbonyl (C=O) groups is 1. The zero-order chi connectivity index (χ0) is 16.8. The first-order chi connectivity index (χ1) is 11.0. The minimum absolute atomic E-state index is 0.0856. The summed E-state index contributed by atoms with van der Waals surface area (Å²) < 4.78 is 11.0. The molecule has 1 aromatic carbocycles. The minimum atomic E-state index is -0.319. The molecule has 0 unspecified atom stereocenters. The van der Waals surface area contributed by atoms with Crippen molar-refractivity contribution in [1.82, 2.24) is 5.43 Å². The van der Waals surface area contributed by atoms with Gasteiger partial charge in [-0.2, -0.15) is 5.10 Å². The Morgan fingerprint density at radius 1 is 1.30 bits per heavy atom. The number of nitrogens with zero attached hydrogens (tertiary/aromatic N) is 1. The van der Waals surface area contributed by atoms with Crippen LogP contribution in [0.2, 0.25) is 0 Å². The lowest BCUT2D eigenvalue weighted by molar-refractivity contribution is -0.123. The molecule has 2 rings (SSSR count). The number of rotatable bonds is 6. The van der Waals surface area contributed by atoms with Crippen LogP contribution in [-0.2, 0) is 4.79 Å². The summed E-state index contributed by atoms with van der Waals surface area (Å²) in [6, 6.07) is 9.63. The quantitative estimate of drug-likeness (QED) is 0.655. The first-order valence-electron chi connectivity index (χ1n) is 7.57. The summed E-state index contributed by atoms with van der Waals surface area (Å²) in [6.45, 7) is 7.93. The molecule has 0 atom stereocenters. The van der Waals surface area contributed by atoms with Gasteiger partial charge in [0, 0.05) is 0 Å². The van der Waals surface area contributed by atoms with Gasteiger partial charge >= 0.3 is 0 Å². The highest BCUT2D eigenvalue weighted by atomic mass is 16.5. The highest BCUT2D eigenvalue weighted by Gasteiger charge is 2.10. The van der Waals surface area contributed by atoms with E-state index in [0.717, 1.165) is 22.6 Å². The van der Waals surface area contributed by atoms with Gasteiger partial charge in [0.1, 0.15) is 17.3 Å². The van der Waals surface area contributed by atoms with E-state index < -0.39 is 0 Å². The largest absolute Gasteiger partial charge is 0.483 e. The molecule has 23 heavy (non-hydrogen) atoms. The summed E-state index contributed by atoms with van der Waals surface area (Å²) in [6.07, 6.45) is 1.46. The van der Waals surface area contributed by atoms with E-state index in [2.05, 4.69) is 24.4 Å². The number of hydrogen-bond donors (Lipinski definition) is 1. The third-order valence-electron chi connectivity index (χ3n) is 3.29. The van der Waals surface area contributed by atoms with E-state index >= 15 is 0 Å². The van der Waals surface area contributed by atoms with Crippen molar-refractivity contribution in [1.29, 1.82) is 0 Å². The van der Waals surface area contributed by atoms with Gasteiger partial charge in [0.05, 0.1) is 6.21 Å². The number of ether oxygens (including phenoxy) is 1. The first-order valence-corrected chi connectivity index (χ1v) is 7.57. The van der Waals surface area contributed by atoms with Crippen LogP contribution in [0.1, 0.15) is 42.4 Å². The van der Waals surface area contributed by atoms with E-state index in [4.69, 9.17) is 9.15 Å². The minimum Gasteiger partial charge on any atom is -0.483 e. The predicted octanol–water partition coefficient (Wildman–Crippen LogP) is 3.55. The van der Waals surface area contributed by atoms with Crippen LogP contribution in [0.3, 0.4) is 0 Å². The van der Waals surface area contributed by atoms with Crippen molar-refractivity contribution in [3.63, 3.8) is 0 Å². The zero-order valence-corrected chi connectivity index (χ0v) is 13.9. The molecule has 0 radical (unpaired) electrons. The SMILES string of the molecule is Cc1ccc(C(C)C)c(OCC(=O)N/N=C\c2ccc(C)o2)c1. The standard InChI is InChI=1S/C18H22N2O3/c1-12(2)16-8-5-13(3)9-17(16)22-11-18(21)20-19-10-15-7-6-14(4)23-15/h5-10,12H,11H2,1-4H3,(H,20,21)/b19-10-. The Kier molecular flexibility index (Phi) is 5.57. The van der Waals surface area contributed by atoms with Crippen molar-refractivity contribution in [2.75, 3.05) is 6.61 Å². The number of hydrazone groups is 1. The highest BCUT2D eigenvalue weighted by Crippen LogP contribution is 2.27. The molecule has 2 aromatic rings. The molecule has 0 aliphatic rings. The fraction of sp³-hybridized carbons (Fsp3) is 0.333. The third-order valence-corrected chi connectivity index (χ3v) is 3.29. The lowest BCUT2D eigenvalue weighted by atomic mass is 10.0. The average Bonchev–Trinajstić information content (AvgIpc) is 2.90. The van der Waals surface area contributed by atoms with Crippen molar-refractivity contribution in [2.45, 2.75) is 33.6 Å². The van der Waals surface area contributed by atoms with E-state index in [1.54, 1.807) is 6.07 Å². The monoisotopic (exact) mass is 314 g/mol. The van der Waals surface area contributed by atoms with Gasteiger partial charge in [0.15, 0.2) is 6.61 Å². The summed E-state index contributed by atoms with van der Waals surface area (Å²) in [5.41, 5.74) is 4.59. The zero-order valence-electron chi connectivity index (χ0n) is 13.9. The number of hydrogen-bond acceptors (Lipinski definition) is 4. The molecule has 5 heteroatoms. The van der Waals surface area contributed by atoms with Crippen LogP contribution >= 0.6 is 0 Å². The van der Waals surface area contributed by atoms with Crippen LogP contribution in [0.25, 0.3) is 0 Å². The van der Waals surface area contributed by atoms with Crippen LogP contribution in [0.4, 0.5) is 0 Å². The Balaban J connectivity index is 1.89. The molecule has 1 N–H and O–H groups in total. The maximum atomic E-state index is 11.8. The predicted molar refractivity (Wildman–Crippen MR) is 89.9 cm³/mol. The Morgan fingerprint density at radius 3 is 2.74 bits per heavy atom. The van der Waals surface area contributed by atoms with E-state index in [0.29, 0.717) is 11.7 Å². The van der Waals surface area contributed by atoms with Crippen LogP contribution in [0.5, 0.6) is 5.75 Å². The maximum Gasteiger partial charge on any atom is 0.277 e. The third kappa shape index (κ3) is 4.98. The maximum absolute atomic E-state index is 11.8. The summed E-state index contributed by atoms with van der Waals surface area (Å²) in [4.78, 5) is 11.8. The second kappa shape index (κ2) is 7.63. The smallest absolute Gasteiger partial charge is 0.277 e. The fourth-order valence-electron chi connectivity index (χ4n) is 2.11. The van der Waals surface area contributed by atoms with Crippen LogP contribution in [0, 0.1) is 13.8 Å².